The van der Waals surface area contributed by atoms with Crippen LogP contribution in [0.3, 0.4) is 0 Å². The molecule has 0 radical (unpaired) electrons. The monoisotopic (exact) mass is 160 g/mol. The molecule has 0 aromatic heterocycles. The van der Waals surface area contributed by atoms with Gasteiger partial charge in [0, 0.05) is 12.5 Å². The summed E-state index contributed by atoms with van der Waals surface area (Å²) in [6.07, 6.45) is 1.83. The van der Waals surface area contributed by atoms with E-state index in [9.17, 15) is 0 Å². The summed E-state index contributed by atoms with van der Waals surface area (Å²) in [4.78, 5) is 0. The van der Waals surface area contributed by atoms with Gasteiger partial charge in [-0.3, -0.25) is 0 Å². The Morgan fingerprint density at radius 2 is 2.00 bits per heavy atom. The molecule has 1 heteroatoms. The van der Waals surface area contributed by atoms with Gasteiger partial charge in [-0.05, 0) is 17.9 Å². The third kappa shape index (κ3) is 0.831. The third-order valence-corrected chi connectivity index (χ3v) is 3.04. The first-order valence-electron chi connectivity index (χ1n) is 4.63. The van der Waals surface area contributed by atoms with Crippen LogP contribution in [0.4, 0.5) is 0 Å². The molecular weight excluding hydrogens is 148 g/mol. The Morgan fingerprint density at radius 1 is 1.17 bits per heavy atom. The highest BCUT2D eigenvalue weighted by molar-refractivity contribution is 5.30. The molecule has 1 nitrogen and oxygen atoms in total. The van der Waals surface area contributed by atoms with Gasteiger partial charge >= 0.3 is 0 Å². The van der Waals surface area contributed by atoms with Crippen molar-refractivity contribution in [3.05, 3.63) is 35.9 Å². The van der Waals surface area contributed by atoms with Crippen LogP contribution in [0.15, 0.2) is 30.3 Å². The van der Waals surface area contributed by atoms with E-state index in [-0.39, 0.29) is 0 Å². The minimum absolute atomic E-state index is 0.562. The van der Waals surface area contributed by atoms with Gasteiger partial charge in [0.05, 0.1) is 6.10 Å². The Morgan fingerprint density at radius 3 is 2.67 bits per heavy atom. The molecule has 0 bridgehead atoms. The van der Waals surface area contributed by atoms with E-state index in [0.717, 1.165) is 18.4 Å². The number of rotatable bonds is 1. The van der Waals surface area contributed by atoms with E-state index in [1.807, 2.05) is 0 Å². The molecule has 0 N–H and O–H groups in total. The molecule has 1 heterocycles. The molecule has 12 heavy (non-hydrogen) atoms. The summed E-state index contributed by atoms with van der Waals surface area (Å²) in [5.41, 5.74) is 1.47. The lowest BCUT2D eigenvalue weighted by atomic mass is 10.1. The van der Waals surface area contributed by atoms with Gasteiger partial charge < -0.3 is 4.74 Å². The van der Waals surface area contributed by atoms with Gasteiger partial charge in [-0.1, -0.05) is 30.3 Å². The number of ether oxygens (including phenoxy) is 1. The molecule has 0 amide bonds. The Kier molecular flexibility index (Phi) is 1.30. The molecule has 1 aromatic carbocycles. The van der Waals surface area contributed by atoms with Crippen molar-refractivity contribution in [3.8, 4) is 0 Å². The highest BCUT2D eigenvalue weighted by Gasteiger charge is 2.54. The molecule has 2 aliphatic rings. The third-order valence-electron chi connectivity index (χ3n) is 3.04. The Labute approximate surface area is 72.4 Å². The molecule has 62 valence electrons. The topological polar surface area (TPSA) is 9.23 Å². The fourth-order valence-corrected chi connectivity index (χ4v) is 2.37. The first kappa shape index (κ1) is 6.67. The van der Waals surface area contributed by atoms with Crippen LogP contribution >= 0.6 is 0 Å². The van der Waals surface area contributed by atoms with Crippen LogP contribution in [0.1, 0.15) is 17.9 Å². The predicted molar refractivity (Wildman–Crippen MR) is 47.0 cm³/mol. The van der Waals surface area contributed by atoms with Crippen LogP contribution < -0.4 is 0 Å². The van der Waals surface area contributed by atoms with Crippen molar-refractivity contribution in [2.75, 3.05) is 6.61 Å². The standard InChI is InChI=1S/C11H12O/c1-2-4-8(5-3-1)10-9-6-7-12-11(9)10/h1-5,9-11H,6-7H2/t9-,10+,11-/m0/s1. The fraction of sp³-hybridized carbons (Fsp3) is 0.455. The van der Waals surface area contributed by atoms with Crippen molar-refractivity contribution in [1.82, 2.24) is 0 Å². The molecular formula is C11H12O. The zero-order valence-corrected chi connectivity index (χ0v) is 6.94. The van der Waals surface area contributed by atoms with Crippen molar-refractivity contribution in [3.63, 3.8) is 0 Å². The van der Waals surface area contributed by atoms with Crippen molar-refractivity contribution in [1.29, 1.82) is 0 Å². The number of hydrogen-bond acceptors (Lipinski definition) is 1. The minimum atomic E-state index is 0.562. The fourth-order valence-electron chi connectivity index (χ4n) is 2.37. The van der Waals surface area contributed by atoms with Gasteiger partial charge in [-0.25, -0.2) is 0 Å². The molecule has 0 spiro atoms. The van der Waals surface area contributed by atoms with Crippen LogP contribution in [-0.4, -0.2) is 12.7 Å². The van der Waals surface area contributed by atoms with Gasteiger partial charge in [-0.2, -0.15) is 0 Å². The molecule has 1 aliphatic carbocycles. The van der Waals surface area contributed by atoms with E-state index in [1.165, 1.54) is 12.0 Å². The van der Waals surface area contributed by atoms with Gasteiger partial charge in [0.2, 0.25) is 0 Å². The lowest BCUT2D eigenvalue weighted by Crippen LogP contribution is -1.95. The second-order valence-electron chi connectivity index (χ2n) is 3.72. The van der Waals surface area contributed by atoms with E-state index in [4.69, 9.17) is 4.74 Å². The lowest BCUT2D eigenvalue weighted by molar-refractivity contribution is 0.149. The molecule has 2 fully saturated rings. The van der Waals surface area contributed by atoms with Crippen LogP contribution in [0.25, 0.3) is 0 Å². The van der Waals surface area contributed by atoms with E-state index in [1.54, 1.807) is 0 Å². The molecule has 1 saturated heterocycles. The second kappa shape index (κ2) is 2.33. The zero-order valence-electron chi connectivity index (χ0n) is 6.94. The number of hydrogen-bond donors (Lipinski definition) is 0. The SMILES string of the molecule is c1ccc([C@@H]2[C@@H]3CCO[C@@H]32)cc1. The molecule has 3 atom stereocenters. The first-order valence-corrected chi connectivity index (χ1v) is 4.63. The maximum atomic E-state index is 5.59. The smallest absolute Gasteiger partial charge is 0.0683 e. The van der Waals surface area contributed by atoms with Crippen LogP contribution in [-0.2, 0) is 4.74 Å². The average molecular weight is 160 g/mol. The largest absolute Gasteiger partial charge is 0.377 e. The van der Waals surface area contributed by atoms with Crippen molar-refractivity contribution >= 4 is 0 Å². The lowest BCUT2D eigenvalue weighted by Gasteiger charge is -2.02. The summed E-state index contributed by atoms with van der Waals surface area (Å²) in [5.74, 6) is 1.56. The summed E-state index contributed by atoms with van der Waals surface area (Å²) in [6.45, 7) is 0.985. The summed E-state index contributed by atoms with van der Waals surface area (Å²) < 4.78 is 5.59. The quantitative estimate of drug-likeness (QED) is 0.612. The van der Waals surface area contributed by atoms with Crippen LogP contribution in [0.2, 0.25) is 0 Å². The highest BCUT2D eigenvalue weighted by atomic mass is 16.5. The molecule has 1 saturated carbocycles. The van der Waals surface area contributed by atoms with Crippen molar-refractivity contribution in [2.24, 2.45) is 5.92 Å². The van der Waals surface area contributed by atoms with Crippen LogP contribution in [0.5, 0.6) is 0 Å². The predicted octanol–water partition coefficient (Wildman–Crippen LogP) is 2.19. The van der Waals surface area contributed by atoms with Gasteiger partial charge in [0.25, 0.3) is 0 Å². The van der Waals surface area contributed by atoms with Gasteiger partial charge in [0.15, 0.2) is 0 Å². The summed E-state index contributed by atoms with van der Waals surface area (Å²) in [6, 6.07) is 10.7. The maximum absolute atomic E-state index is 5.59. The molecule has 1 aromatic rings. The average Bonchev–Trinajstić information content (AvgIpc) is 2.62. The Bertz CT molecular complexity index is 270. The van der Waals surface area contributed by atoms with E-state index in [2.05, 4.69) is 30.3 Å². The van der Waals surface area contributed by atoms with Crippen molar-refractivity contribution in [2.45, 2.75) is 18.4 Å². The Hall–Kier alpha value is -0.820. The maximum Gasteiger partial charge on any atom is 0.0683 e. The minimum Gasteiger partial charge on any atom is -0.377 e. The van der Waals surface area contributed by atoms with E-state index < -0.39 is 0 Å². The summed E-state index contributed by atoms with van der Waals surface area (Å²) >= 11 is 0. The number of benzene rings is 1. The second-order valence-corrected chi connectivity index (χ2v) is 3.72. The van der Waals surface area contributed by atoms with Gasteiger partial charge in [0.1, 0.15) is 0 Å². The van der Waals surface area contributed by atoms with Crippen molar-refractivity contribution < 1.29 is 4.74 Å². The van der Waals surface area contributed by atoms with E-state index >= 15 is 0 Å². The van der Waals surface area contributed by atoms with Gasteiger partial charge in [-0.15, -0.1) is 0 Å². The molecule has 1 aliphatic heterocycles. The van der Waals surface area contributed by atoms with E-state index in [0.29, 0.717) is 6.10 Å². The molecule has 3 rings (SSSR count). The summed E-state index contributed by atoms with van der Waals surface area (Å²) in [5, 5.41) is 0. The molecule has 0 unspecified atom stereocenters. The normalized spacial score (nSPS) is 37.8. The number of fused-ring (bicyclic) bond motifs is 1. The Balaban J connectivity index is 1.85. The van der Waals surface area contributed by atoms with Crippen LogP contribution in [0, 0.1) is 5.92 Å². The summed E-state index contributed by atoms with van der Waals surface area (Å²) in [7, 11) is 0. The highest BCUT2D eigenvalue weighted by Crippen LogP contribution is 2.55. The first-order chi connectivity index (χ1) is 5.97. The zero-order chi connectivity index (χ0) is 7.97.